The first-order valence-electron chi connectivity index (χ1n) is 7.60. The lowest BCUT2D eigenvalue weighted by molar-refractivity contribution is 0.588. The highest BCUT2D eigenvalue weighted by molar-refractivity contribution is 14.1. The van der Waals surface area contributed by atoms with Crippen LogP contribution in [-0.2, 0) is 10.0 Å². The minimum Gasteiger partial charge on any atom is -0.237 e. The van der Waals surface area contributed by atoms with Crippen LogP contribution in [0.1, 0.15) is 0 Å². The predicted octanol–water partition coefficient (Wildman–Crippen LogP) is 4.54. The predicted molar refractivity (Wildman–Crippen MR) is 107 cm³/mol. The van der Waals surface area contributed by atoms with Gasteiger partial charge in [0, 0.05) is 26.9 Å². The molecule has 2 aromatic heterocycles. The van der Waals surface area contributed by atoms with Gasteiger partial charge in [-0.3, -0.25) is 0 Å². The Labute approximate surface area is 159 Å². The van der Waals surface area contributed by atoms with Crippen molar-refractivity contribution < 1.29 is 8.42 Å². The third kappa shape index (κ3) is 2.85. The highest BCUT2D eigenvalue weighted by Crippen LogP contribution is 2.29. The number of hydrogen-bond donors (Lipinski definition) is 0. The van der Waals surface area contributed by atoms with Crippen LogP contribution in [0.2, 0.25) is 0 Å². The molecule has 4 aromatic rings. The van der Waals surface area contributed by atoms with Gasteiger partial charge in [0.2, 0.25) is 0 Å². The zero-order valence-corrected chi connectivity index (χ0v) is 16.0. The van der Waals surface area contributed by atoms with E-state index in [4.69, 9.17) is 0 Å². The van der Waals surface area contributed by atoms with Crippen LogP contribution >= 0.6 is 22.6 Å². The zero-order chi connectivity index (χ0) is 17.4. The zero-order valence-electron chi connectivity index (χ0n) is 13.0. The highest BCUT2D eigenvalue weighted by Gasteiger charge is 2.21. The van der Waals surface area contributed by atoms with Gasteiger partial charge >= 0.3 is 0 Å². The number of nitrogens with zero attached hydrogens (tertiary/aromatic N) is 2. The molecule has 25 heavy (non-hydrogen) atoms. The van der Waals surface area contributed by atoms with Crippen LogP contribution in [0.5, 0.6) is 0 Å². The molecule has 6 heteroatoms. The minimum absolute atomic E-state index is 0.247. The molecule has 0 spiro atoms. The molecule has 0 saturated carbocycles. The molecular formula is C19H13IN2O2S. The van der Waals surface area contributed by atoms with Gasteiger partial charge in [-0.05, 0) is 46.4 Å². The molecule has 0 N–H and O–H groups in total. The Kier molecular flexibility index (Phi) is 4.09. The lowest BCUT2D eigenvalue weighted by Gasteiger charge is -2.07. The topological polar surface area (TPSA) is 52.0 Å². The smallest absolute Gasteiger partial charge is 0.237 e. The molecule has 0 unspecified atom stereocenters. The van der Waals surface area contributed by atoms with Gasteiger partial charge in [0.15, 0.2) is 5.65 Å². The van der Waals surface area contributed by atoms with Crippen LogP contribution in [-0.4, -0.2) is 17.4 Å². The van der Waals surface area contributed by atoms with Crippen molar-refractivity contribution in [2.24, 2.45) is 0 Å². The van der Waals surface area contributed by atoms with Crippen LogP contribution in [0.15, 0.2) is 84.0 Å². The first kappa shape index (κ1) is 16.3. The van der Waals surface area contributed by atoms with Crippen molar-refractivity contribution in [2.75, 3.05) is 0 Å². The number of fused-ring (bicyclic) bond motifs is 1. The van der Waals surface area contributed by atoms with Crippen LogP contribution in [0, 0.1) is 3.57 Å². The summed E-state index contributed by atoms with van der Waals surface area (Å²) in [7, 11) is -3.67. The van der Waals surface area contributed by atoms with E-state index in [1.54, 1.807) is 42.7 Å². The average molecular weight is 460 g/mol. The Morgan fingerprint density at radius 3 is 2.20 bits per heavy atom. The van der Waals surface area contributed by atoms with Crippen molar-refractivity contribution in [2.45, 2.75) is 4.90 Å². The SMILES string of the molecule is O=S(=O)(c1ccccc1)n1cc(I)c2cc(-c3ccccc3)cnc21. The van der Waals surface area contributed by atoms with Crippen LogP contribution in [0.25, 0.3) is 22.2 Å². The molecule has 0 aliphatic rings. The molecule has 0 aliphatic heterocycles. The molecule has 0 aliphatic carbocycles. The minimum atomic E-state index is -3.67. The van der Waals surface area contributed by atoms with E-state index in [2.05, 4.69) is 27.6 Å². The second-order valence-corrected chi connectivity index (χ2v) is 8.53. The Morgan fingerprint density at radius 1 is 0.880 bits per heavy atom. The number of aromatic nitrogens is 2. The molecule has 0 fully saturated rings. The first-order chi connectivity index (χ1) is 12.1. The Bertz CT molecular complexity index is 1150. The van der Waals surface area contributed by atoms with Crippen molar-refractivity contribution in [3.05, 3.63) is 82.7 Å². The van der Waals surface area contributed by atoms with Crippen molar-refractivity contribution in [3.63, 3.8) is 0 Å². The fourth-order valence-electron chi connectivity index (χ4n) is 2.72. The maximum absolute atomic E-state index is 12.9. The molecule has 0 saturated heterocycles. The summed E-state index contributed by atoms with van der Waals surface area (Å²) in [6.45, 7) is 0. The van der Waals surface area contributed by atoms with E-state index < -0.39 is 10.0 Å². The number of pyridine rings is 1. The van der Waals surface area contributed by atoms with Crippen LogP contribution in [0.4, 0.5) is 0 Å². The average Bonchev–Trinajstić information content (AvgIpc) is 3.00. The van der Waals surface area contributed by atoms with Gasteiger partial charge in [-0.2, -0.15) is 0 Å². The van der Waals surface area contributed by atoms with Crippen molar-refractivity contribution in [1.29, 1.82) is 0 Å². The van der Waals surface area contributed by atoms with Gasteiger partial charge in [-0.1, -0.05) is 48.5 Å². The Hall–Kier alpha value is -2.19. The quantitative estimate of drug-likeness (QED) is 0.422. The molecule has 2 heterocycles. The van der Waals surface area contributed by atoms with Gasteiger partial charge in [-0.25, -0.2) is 17.4 Å². The lowest BCUT2D eigenvalue weighted by atomic mass is 10.1. The molecule has 2 aromatic carbocycles. The fraction of sp³-hybridized carbons (Fsp3) is 0. The second kappa shape index (κ2) is 6.27. The maximum Gasteiger partial charge on any atom is 0.269 e. The summed E-state index contributed by atoms with van der Waals surface area (Å²) in [5.74, 6) is 0. The highest BCUT2D eigenvalue weighted by atomic mass is 127. The molecule has 0 bridgehead atoms. The molecular weight excluding hydrogens is 447 g/mol. The van der Waals surface area contributed by atoms with Crippen molar-refractivity contribution in [1.82, 2.24) is 8.96 Å². The van der Waals surface area contributed by atoms with E-state index in [-0.39, 0.29) is 4.90 Å². The second-order valence-electron chi connectivity index (χ2n) is 5.55. The van der Waals surface area contributed by atoms with E-state index in [1.165, 1.54) is 3.97 Å². The third-order valence-electron chi connectivity index (χ3n) is 3.97. The third-order valence-corrected chi connectivity index (χ3v) is 6.49. The molecule has 4 nitrogen and oxygen atoms in total. The summed E-state index contributed by atoms with van der Waals surface area (Å²) in [5, 5.41) is 0.821. The number of rotatable bonds is 3. The van der Waals surface area contributed by atoms with Crippen molar-refractivity contribution in [3.8, 4) is 11.1 Å². The van der Waals surface area contributed by atoms with Gasteiger partial charge in [0.1, 0.15) is 0 Å². The first-order valence-corrected chi connectivity index (χ1v) is 10.1. The summed E-state index contributed by atoms with van der Waals surface area (Å²) in [6.07, 6.45) is 3.33. The number of hydrogen-bond acceptors (Lipinski definition) is 3. The molecule has 0 radical (unpaired) electrons. The van der Waals surface area contributed by atoms with Gasteiger partial charge < -0.3 is 0 Å². The molecule has 4 rings (SSSR count). The molecule has 124 valence electrons. The van der Waals surface area contributed by atoms with Gasteiger partial charge in [0.05, 0.1) is 4.90 Å². The molecule has 0 amide bonds. The summed E-state index contributed by atoms with van der Waals surface area (Å²) in [5.41, 5.74) is 2.44. The van der Waals surface area contributed by atoms with Crippen molar-refractivity contribution >= 4 is 43.6 Å². The van der Waals surface area contributed by atoms with E-state index >= 15 is 0 Å². The normalized spacial score (nSPS) is 11.7. The Morgan fingerprint density at radius 2 is 1.52 bits per heavy atom. The number of benzene rings is 2. The van der Waals surface area contributed by atoms with E-state index in [1.807, 2.05) is 36.4 Å². The van der Waals surface area contributed by atoms with Gasteiger partial charge in [-0.15, -0.1) is 0 Å². The monoisotopic (exact) mass is 460 g/mol. The summed E-state index contributed by atoms with van der Waals surface area (Å²) in [6, 6.07) is 20.3. The van der Waals surface area contributed by atoms with Gasteiger partial charge in [0.25, 0.3) is 10.0 Å². The largest absolute Gasteiger partial charge is 0.269 e. The van der Waals surface area contributed by atoms with E-state index in [9.17, 15) is 8.42 Å². The van der Waals surface area contributed by atoms with Crippen LogP contribution in [0.3, 0.4) is 0 Å². The fourth-order valence-corrected chi connectivity index (χ4v) is 4.93. The van der Waals surface area contributed by atoms with E-state index in [0.29, 0.717) is 5.65 Å². The number of halogens is 1. The summed E-state index contributed by atoms with van der Waals surface area (Å²) < 4.78 is 28.0. The standard InChI is InChI=1S/C19H13IN2O2S/c20-18-13-22(25(23,24)16-9-5-2-6-10-16)19-17(18)11-15(12-21-19)14-7-3-1-4-8-14/h1-13H. The van der Waals surface area contributed by atoms with Crippen LogP contribution < -0.4 is 0 Å². The molecule has 0 atom stereocenters. The summed E-state index contributed by atoms with van der Waals surface area (Å²) >= 11 is 2.15. The Balaban J connectivity index is 1.91. The van der Waals surface area contributed by atoms with E-state index in [0.717, 1.165) is 20.1 Å². The summed E-state index contributed by atoms with van der Waals surface area (Å²) in [4.78, 5) is 4.70. The maximum atomic E-state index is 12.9. The lowest BCUT2D eigenvalue weighted by Crippen LogP contribution is -2.12.